The van der Waals surface area contributed by atoms with Crippen molar-refractivity contribution in [1.82, 2.24) is 0 Å². The molecule has 0 fully saturated rings. The molecule has 5 heteroatoms. The van der Waals surface area contributed by atoms with Gasteiger partial charge in [-0.25, -0.2) is 0 Å². The van der Waals surface area contributed by atoms with Gasteiger partial charge in [0.25, 0.3) is 0 Å². The Morgan fingerprint density at radius 2 is 1.59 bits per heavy atom. The zero-order valence-electron chi connectivity index (χ0n) is 9.05. The normalized spacial score (nSPS) is 10.1. The van der Waals surface area contributed by atoms with Crippen molar-refractivity contribution in [3.63, 3.8) is 0 Å². The van der Waals surface area contributed by atoms with Gasteiger partial charge in [-0.1, -0.05) is 18.2 Å². The van der Waals surface area contributed by atoms with Crippen molar-refractivity contribution in [2.75, 3.05) is 17.2 Å². The molecule has 0 saturated carbocycles. The molecule has 0 saturated heterocycles. The Bertz CT molecular complexity index is 541. The lowest BCUT2D eigenvalue weighted by Gasteiger charge is -2.12. The van der Waals surface area contributed by atoms with Crippen molar-refractivity contribution in [2.24, 2.45) is 0 Å². The monoisotopic (exact) mass is 231 g/mol. The first-order chi connectivity index (χ1) is 8.09. The Morgan fingerprint density at radius 3 is 2.24 bits per heavy atom. The molecule has 0 aliphatic rings. The molecule has 17 heavy (non-hydrogen) atoms. The molecular weight excluding hydrogens is 218 g/mol. The van der Waals surface area contributed by atoms with Crippen LogP contribution < -0.4 is 21.9 Å². The number of nitrogen functional groups attached to an aromatic ring is 3. The van der Waals surface area contributed by atoms with E-state index in [-0.39, 0.29) is 22.8 Å². The Morgan fingerprint density at radius 1 is 0.941 bits per heavy atom. The molecule has 0 bridgehead atoms. The number of para-hydroxylation sites is 1. The minimum atomic E-state index is -0.220. The summed E-state index contributed by atoms with van der Waals surface area (Å²) in [6, 6.07) is 10.5. The molecule has 5 nitrogen and oxygen atoms in total. The Kier molecular flexibility index (Phi) is 2.66. The van der Waals surface area contributed by atoms with Gasteiger partial charge in [0.1, 0.15) is 17.1 Å². The number of hydrogen-bond donors (Lipinski definition) is 4. The maximum atomic E-state index is 9.49. The number of phenols is 1. The van der Waals surface area contributed by atoms with Crippen LogP contribution in [0, 0.1) is 0 Å². The molecule has 2 rings (SSSR count). The maximum absolute atomic E-state index is 9.49. The standard InChI is InChI=1S/C12H13N3O2/c13-8-6-9(10(14)11(15)12(8)16)17-7-4-2-1-3-5-7/h1-6,16H,13-15H2. The first kappa shape index (κ1) is 10.9. The highest BCUT2D eigenvalue weighted by atomic mass is 16.5. The van der Waals surface area contributed by atoms with Gasteiger partial charge >= 0.3 is 0 Å². The van der Waals surface area contributed by atoms with E-state index < -0.39 is 0 Å². The third-order valence-electron chi connectivity index (χ3n) is 2.34. The van der Waals surface area contributed by atoms with Gasteiger partial charge in [-0.15, -0.1) is 0 Å². The lowest BCUT2D eigenvalue weighted by Crippen LogP contribution is -2.01. The van der Waals surface area contributed by atoms with Gasteiger partial charge in [-0.3, -0.25) is 0 Å². The van der Waals surface area contributed by atoms with Crippen LogP contribution in [0.2, 0.25) is 0 Å². The molecule has 2 aromatic rings. The fraction of sp³-hybridized carbons (Fsp3) is 0. The molecule has 0 atom stereocenters. The second-order valence-electron chi connectivity index (χ2n) is 3.56. The maximum Gasteiger partial charge on any atom is 0.164 e. The highest BCUT2D eigenvalue weighted by molar-refractivity contribution is 5.83. The van der Waals surface area contributed by atoms with E-state index in [4.69, 9.17) is 21.9 Å². The number of phenolic OH excluding ortho intramolecular Hbond substituents is 1. The zero-order valence-corrected chi connectivity index (χ0v) is 9.05. The van der Waals surface area contributed by atoms with E-state index in [1.807, 2.05) is 18.2 Å². The minimum Gasteiger partial charge on any atom is -0.504 e. The van der Waals surface area contributed by atoms with E-state index >= 15 is 0 Å². The largest absolute Gasteiger partial charge is 0.504 e. The Labute approximate surface area is 98.4 Å². The van der Waals surface area contributed by atoms with Crippen LogP contribution in [-0.2, 0) is 0 Å². The lowest BCUT2D eigenvalue weighted by molar-refractivity contribution is 0.471. The quantitative estimate of drug-likeness (QED) is 0.466. The number of nitrogens with two attached hydrogens (primary N) is 3. The predicted octanol–water partition coefficient (Wildman–Crippen LogP) is 1.93. The van der Waals surface area contributed by atoms with Gasteiger partial charge in [0.15, 0.2) is 11.5 Å². The van der Waals surface area contributed by atoms with Crippen LogP contribution in [0.25, 0.3) is 0 Å². The van der Waals surface area contributed by atoms with E-state index in [1.165, 1.54) is 6.07 Å². The van der Waals surface area contributed by atoms with Crippen molar-refractivity contribution < 1.29 is 9.84 Å². The molecule has 88 valence electrons. The van der Waals surface area contributed by atoms with E-state index in [1.54, 1.807) is 12.1 Å². The summed E-state index contributed by atoms with van der Waals surface area (Å²) in [7, 11) is 0. The molecule has 0 spiro atoms. The molecular formula is C12H13N3O2. The summed E-state index contributed by atoms with van der Waals surface area (Å²) in [5.41, 5.74) is 17.2. The lowest BCUT2D eigenvalue weighted by atomic mass is 10.2. The molecule has 0 aromatic heterocycles. The smallest absolute Gasteiger partial charge is 0.164 e. The summed E-state index contributed by atoms with van der Waals surface area (Å²) < 4.78 is 5.53. The van der Waals surface area contributed by atoms with Crippen molar-refractivity contribution >= 4 is 17.1 Å². The first-order valence-electron chi connectivity index (χ1n) is 4.99. The molecule has 0 radical (unpaired) electrons. The number of anilines is 3. The summed E-state index contributed by atoms with van der Waals surface area (Å²) in [6.45, 7) is 0. The van der Waals surface area contributed by atoms with Gasteiger partial charge in [0, 0.05) is 6.07 Å². The Hall–Kier alpha value is -2.56. The van der Waals surface area contributed by atoms with E-state index in [2.05, 4.69) is 0 Å². The van der Waals surface area contributed by atoms with Gasteiger partial charge in [-0.05, 0) is 12.1 Å². The van der Waals surface area contributed by atoms with Crippen molar-refractivity contribution in [2.45, 2.75) is 0 Å². The van der Waals surface area contributed by atoms with E-state index in [0.29, 0.717) is 11.5 Å². The van der Waals surface area contributed by atoms with Gasteiger partial charge < -0.3 is 27.0 Å². The third kappa shape index (κ3) is 2.03. The molecule has 0 heterocycles. The molecule has 0 aliphatic heterocycles. The first-order valence-corrected chi connectivity index (χ1v) is 4.99. The summed E-state index contributed by atoms with van der Waals surface area (Å²) >= 11 is 0. The van der Waals surface area contributed by atoms with Crippen LogP contribution in [0.1, 0.15) is 0 Å². The third-order valence-corrected chi connectivity index (χ3v) is 2.34. The van der Waals surface area contributed by atoms with Crippen LogP contribution in [0.3, 0.4) is 0 Å². The van der Waals surface area contributed by atoms with E-state index in [0.717, 1.165) is 0 Å². The van der Waals surface area contributed by atoms with Crippen LogP contribution in [-0.4, -0.2) is 5.11 Å². The van der Waals surface area contributed by atoms with Crippen LogP contribution in [0.4, 0.5) is 17.1 Å². The second kappa shape index (κ2) is 4.13. The summed E-state index contributed by atoms with van der Waals surface area (Å²) in [6.07, 6.45) is 0. The average molecular weight is 231 g/mol. The predicted molar refractivity (Wildman–Crippen MR) is 67.9 cm³/mol. The summed E-state index contributed by atoms with van der Waals surface area (Å²) in [5, 5.41) is 9.49. The molecule has 0 unspecified atom stereocenters. The summed E-state index contributed by atoms with van der Waals surface area (Å²) in [4.78, 5) is 0. The number of rotatable bonds is 2. The van der Waals surface area contributed by atoms with Crippen molar-refractivity contribution in [1.29, 1.82) is 0 Å². The molecule has 0 aliphatic carbocycles. The zero-order chi connectivity index (χ0) is 12.4. The topological polar surface area (TPSA) is 108 Å². The minimum absolute atomic E-state index is 0.0240. The van der Waals surface area contributed by atoms with Crippen LogP contribution >= 0.6 is 0 Å². The van der Waals surface area contributed by atoms with Gasteiger partial charge in [0.05, 0.1) is 5.69 Å². The summed E-state index contributed by atoms with van der Waals surface area (Å²) in [5.74, 6) is 0.718. The Balaban J connectivity index is 2.41. The molecule has 2 aromatic carbocycles. The number of benzene rings is 2. The SMILES string of the molecule is Nc1cc(Oc2ccccc2)c(N)c(N)c1O. The van der Waals surface area contributed by atoms with Crippen LogP contribution in [0.5, 0.6) is 17.2 Å². The van der Waals surface area contributed by atoms with E-state index in [9.17, 15) is 5.11 Å². The average Bonchev–Trinajstić information content (AvgIpc) is 2.35. The fourth-order valence-electron chi connectivity index (χ4n) is 1.40. The van der Waals surface area contributed by atoms with Gasteiger partial charge in [0.2, 0.25) is 0 Å². The molecule has 7 N–H and O–H groups in total. The number of hydrogen-bond acceptors (Lipinski definition) is 5. The second-order valence-corrected chi connectivity index (χ2v) is 3.56. The van der Waals surface area contributed by atoms with Gasteiger partial charge in [-0.2, -0.15) is 0 Å². The molecule has 0 amide bonds. The van der Waals surface area contributed by atoms with Crippen LogP contribution in [0.15, 0.2) is 36.4 Å². The fourth-order valence-corrected chi connectivity index (χ4v) is 1.40. The highest BCUT2D eigenvalue weighted by Crippen LogP contribution is 2.41. The van der Waals surface area contributed by atoms with Crippen molar-refractivity contribution in [3.8, 4) is 17.2 Å². The van der Waals surface area contributed by atoms with Crippen molar-refractivity contribution in [3.05, 3.63) is 36.4 Å². The highest BCUT2D eigenvalue weighted by Gasteiger charge is 2.13. The number of ether oxygens (including phenoxy) is 1. The number of aromatic hydroxyl groups is 1.